The lowest BCUT2D eigenvalue weighted by Gasteiger charge is -2.30. The third-order valence-electron chi connectivity index (χ3n) is 7.19. The van der Waals surface area contributed by atoms with E-state index < -0.39 is 35.2 Å². The Morgan fingerprint density at radius 3 is 2.46 bits per heavy atom. The Balaban J connectivity index is 1.86. The molecule has 0 unspecified atom stereocenters. The van der Waals surface area contributed by atoms with E-state index in [1.807, 2.05) is 20.8 Å². The summed E-state index contributed by atoms with van der Waals surface area (Å²) in [6, 6.07) is 3.37. The Labute approximate surface area is 238 Å². The molecule has 0 radical (unpaired) electrons. The third kappa shape index (κ3) is 5.84. The van der Waals surface area contributed by atoms with Gasteiger partial charge in [0, 0.05) is 23.7 Å². The largest absolute Gasteiger partial charge is 0.508 e. The fraction of sp³-hybridized carbons (Fsp3) is 0.500. The minimum Gasteiger partial charge on any atom is -0.508 e. The van der Waals surface area contributed by atoms with E-state index in [0.29, 0.717) is 41.6 Å². The number of carbonyl (C=O) groups is 4. The first-order chi connectivity index (χ1) is 19.0. The van der Waals surface area contributed by atoms with E-state index in [1.54, 1.807) is 27.7 Å². The summed E-state index contributed by atoms with van der Waals surface area (Å²) in [5.74, 6) is -0.846. The van der Waals surface area contributed by atoms with Crippen LogP contribution >= 0.6 is 0 Å². The van der Waals surface area contributed by atoms with E-state index in [-0.39, 0.29) is 35.0 Å². The number of ether oxygens (including phenoxy) is 1. The number of Topliss-reactive ketones (excluding diaryl/α,β-unsaturated/α-hetero) is 1. The summed E-state index contributed by atoms with van der Waals surface area (Å²) in [7, 11) is 0. The zero-order valence-electron chi connectivity index (χ0n) is 24.6. The number of fused-ring (bicyclic) bond motifs is 2. The highest BCUT2D eigenvalue weighted by atomic mass is 16.6. The second kappa shape index (κ2) is 10.7. The first kappa shape index (κ1) is 29.8. The molecule has 11 heteroatoms. The van der Waals surface area contributed by atoms with Crippen molar-refractivity contribution in [3.05, 3.63) is 46.5 Å². The SMILES string of the molecule is CCCC[C@H](NC(=O)c1c(C)c2c(n1C(=O)OC(C)(C)C)CC(C)(C)CC2=O)c1nc2ccc(O)cc2n1C(=O)O. The molecule has 1 amide bonds. The van der Waals surface area contributed by atoms with Gasteiger partial charge in [0.25, 0.3) is 5.91 Å². The van der Waals surface area contributed by atoms with Crippen LogP contribution in [0.3, 0.4) is 0 Å². The molecule has 4 rings (SSSR count). The van der Waals surface area contributed by atoms with Gasteiger partial charge in [0.2, 0.25) is 0 Å². The van der Waals surface area contributed by atoms with E-state index in [9.17, 15) is 29.4 Å². The van der Waals surface area contributed by atoms with Crippen molar-refractivity contribution in [3.63, 3.8) is 0 Å². The average molecular weight is 567 g/mol. The Bertz CT molecular complexity index is 1550. The maximum absolute atomic E-state index is 14.1. The Morgan fingerprint density at radius 2 is 1.85 bits per heavy atom. The van der Waals surface area contributed by atoms with Crippen molar-refractivity contribution in [2.24, 2.45) is 5.41 Å². The van der Waals surface area contributed by atoms with Crippen molar-refractivity contribution in [2.45, 2.75) is 92.2 Å². The number of benzene rings is 1. The molecule has 1 aromatic carbocycles. The van der Waals surface area contributed by atoms with E-state index >= 15 is 0 Å². The molecule has 0 saturated carbocycles. The molecule has 2 aromatic heterocycles. The van der Waals surface area contributed by atoms with Crippen molar-refractivity contribution >= 4 is 34.9 Å². The Kier molecular flexibility index (Phi) is 7.77. The number of carboxylic acid groups (broad SMARTS) is 1. The molecule has 0 aliphatic heterocycles. The number of imidazole rings is 1. The first-order valence-electron chi connectivity index (χ1n) is 13.8. The van der Waals surface area contributed by atoms with Crippen LogP contribution in [0.25, 0.3) is 11.0 Å². The van der Waals surface area contributed by atoms with Crippen LogP contribution in [0.1, 0.15) is 111 Å². The van der Waals surface area contributed by atoms with Gasteiger partial charge >= 0.3 is 12.2 Å². The van der Waals surface area contributed by atoms with Crippen LogP contribution in [0, 0.1) is 12.3 Å². The average Bonchev–Trinajstić information content (AvgIpc) is 3.34. The summed E-state index contributed by atoms with van der Waals surface area (Å²) in [5.41, 5.74) is 0.366. The monoisotopic (exact) mass is 566 g/mol. The van der Waals surface area contributed by atoms with Crippen molar-refractivity contribution in [1.82, 2.24) is 19.4 Å². The van der Waals surface area contributed by atoms with Gasteiger partial charge in [0.1, 0.15) is 22.9 Å². The van der Waals surface area contributed by atoms with Gasteiger partial charge in [-0.3, -0.25) is 9.59 Å². The number of phenolic OH excluding ortho intramolecular Hbond substituents is 1. The van der Waals surface area contributed by atoms with Gasteiger partial charge in [-0.2, -0.15) is 0 Å². The minimum atomic E-state index is -1.32. The molecule has 0 bridgehead atoms. The van der Waals surface area contributed by atoms with Crippen LogP contribution in [0.2, 0.25) is 0 Å². The van der Waals surface area contributed by atoms with E-state index in [1.165, 1.54) is 22.8 Å². The molecule has 0 saturated heterocycles. The molecule has 3 N–H and O–H groups in total. The number of ketones is 1. The van der Waals surface area contributed by atoms with Crippen molar-refractivity contribution in [2.75, 3.05) is 0 Å². The molecule has 0 fully saturated rings. The van der Waals surface area contributed by atoms with Crippen LogP contribution in [0.4, 0.5) is 9.59 Å². The summed E-state index contributed by atoms with van der Waals surface area (Å²) in [5, 5.41) is 22.9. The second-order valence-electron chi connectivity index (χ2n) is 12.5. The predicted molar refractivity (Wildman–Crippen MR) is 152 cm³/mol. The Hall–Kier alpha value is -4.15. The van der Waals surface area contributed by atoms with Gasteiger partial charge in [-0.15, -0.1) is 0 Å². The molecular weight excluding hydrogens is 528 g/mol. The number of nitrogens with one attached hydrogen (secondary N) is 1. The van der Waals surface area contributed by atoms with Crippen molar-refractivity contribution < 1.29 is 34.1 Å². The number of carbonyl (C=O) groups excluding carboxylic acids is 3. The number of hydrogen-bond acceptors (Lipinski definition) is 7. The van der Waals surface area contributed by atoms with Gasteiger partial charge < -0.3 is 20.3 Å². The van der Waals surface area contributed by atoms with Gasteiger partial charge in [-0.05, 0) is 63.6 Å². The fourth-order valence-electron chi connectivity index (χ4n) is 5.52. The Morgan fingerprint density at radius 1 is 1.17 bits per heavy atom. The van der Waals surface area contributed by atoms with Gasteiger partial charge in [0.05, 0.1) is 17.1 Å². The maximum atomic E-state index is 14.1. The number of amides is 1. The normalized spacial score (nSPS) is 15.4. The van der Waals surface area contributed by atoms with Crippen LogP contribution < -0.4 is 5.32 Å². The van der Waals surface area contributed by atoms with Crippen LogP contribution in [0.15, 0.2) is 18.2 Å². The molecule has 3 aromatic rings. The van der Waals surface area contributed by atoms with E-state index in [4.69, 9.17) is 4.74 Å². The molecule has 11 nitrogen and oxygen atoms in total. The quantitative estimate of drug-likeness (QED) is 0.329. The number of aromatic nitrogens is 3. The van der Waals surface area contributed by atoms with Crippen LogP contribution in [0.5, 0.6) is 5.75 Å². The molecule has 220 valence electrons. The number of phenols is 1. The summed E-state index contributed by atoms with van der Waals surface area (Å²) in [6.07, 6.45) is 0.354. The summed E-state index contributed by atoms with van der Waals surface area (Å²) < 4.78 is 7.83. The topological polar surface area (TPSA) is 153 Å². The van der Waals surface area contributed by atoms with Crippen LogP contribution in [-0.4, -0.2) is 53.8 Å². The van der Waals surface area contributed by atoms with Crippen LogP contribution in [-0.2, 0) is 11.2 Å². The number of rotatable bonds is 6. The maximum Gasteiger partial charge on any atom is 0.419 e. The van der Waals surface area contributed by atoms with E-state index in [2.05, 4.69) is 10.3 Å². The van der Waals surface area contributed by atoms with E-state index in [0.717, 1.165) is 11.0 Å². The summed E-state index contributed by atoms with van der Waals surface area (Å²) in [6.45, 7) is 12.6. The molecule has 1 atom stereocenters. The molecule has 0 spiro atoms. The van der Waals surface area contributed by atoms with Gasteiger partial charge in [-0.1, -0.05) is 33.6 Å². The standard InChI is InChI=1S/C30H38N4O7/c1-8-9-10-19(25-31-18-12-11-17(35)13-20(18)34(25)27(38)39)32-26(37)24-16(2)23-21(14-30(6,7)15-22(23)36)33(24)28(40)41-29(3,4)5/h11-13,19,35H,8-10,14-15H2,1-7H3,(H,32,37)(H,38,39)/t19-/m0/s1. The fourth-order valence-corrected chi connectivity index (χ4v) is 5.52. The minimum absolute atomic E-state index is 0.0209. The zero-order valence-corrected chi connectivity index (χ0v) is 24.6. The van der Waals surface area contributed by atoms with Crippen molar-refractivity contribution in [3.8, 4) is 5.75 Å². The predicted octanol–water partition coefficient (Wildman–Crippen LogP) is 5.98. The molecular formula is C30H38N4O7. The lowest BCUT2D eigenvalue weighted by atomic mass is 9.75. The van der Waals surface area contributed by atoms with Gasteiger partial charge in [0.15, 0.2) is 5.78 Å². The highest BCUT2D eigenvalue weighted by Crippen LogP contribution is 2.39. The second-order valence-corrected chi connectivity index (χ2v) is 12.5. The highest BCUT2D eigenvalue weighted by Gasteiger charge is 2.41. The number of hydrogen-bond donors (Lipinski definition) is 3. The molecule has 41 heavy (non-hydrogen) atoms. The number of unbranched alkanes of at least 4 members (excludes halogenated alkanes) is 1. The molecule has 1 aliphatic rings. The van der Waals surface area contributed by atoms with Gasteiger partial charge in [-0.25, -0.2) is 23.7 Å². The number of aromatic hydroxyl groups is 1. The molecule has 1 aliphatic carbocycles. The zero-order chi connectivity index (χ0) is 30.4. The summed E-state index contributed by atoms with van der Waals surface area (Å²) in [4.78, 5) is 57.7. The third-order valence-corrected chi connectivity index (χ3v) is 7.19. The first-order valence-corrected chi connectivity index (χ1v) is 13.8. The highest BCUT2D eigenvalue weighted by molar-refractivity contribution is 6.07. The lowest BCUT2D eigenvalue weighted by molar-refractivity contribution is 0.0518. The molecule has 2 heterocycles. The number of nitrogens with zero attached hydrogens (tertiary/aromatic N) is 3. The lowest BCUT2D eigenvalue weighted by Crippen LogP contribution is -2.36. The van der Waals surface area contributed by atoms with Crippen molar-refractivity contribution in [1.29, 1.82) is 0 Å². The summed E-state index contributed by atoms with van der Waals surface area (Å²) >= 11 is 0. The smallest absolute Gasteiger partial charge is 0.419 e.